The molecule has 124 valence electrons. The molecule has 0 saturated heterocycles. The summed E-state index contributed by atoms with van der Waals surface area (Å²) < 4.78 is 11.4. The normalized spacial score (nSPS) is 9.83. The number of hydrogen-bond acceptors (Lipinski definition) is 4. The zero-order valence-electron chi connectivity index (χ0n) is 13.6. The van der Waals surface area contributed by atoms with Gasteiger partial charge in [0.2, 0.25) is 5.91 Å². The van der Waals surface area contributed by atoms with Gasteiger partial charge in [-0.05, 0) is 30.7 Å². The van der Waals surface area contributed by atoms with Crippen molar-refractivity contribution in [3.8, 4) is 17.6 Å². The molecular formula is C19H20N2O3. The quantitative estimate of drug-likeness (QED) is 0.758. The summed E-state index contributed by atoms with van der Waals surface area (Å²) in [7, 11) is 0. The largest absolute Gasteiger partial charge is 0.490 e. The average Bonchev–Trinajstić information content (AvgIpc) is 2.58. The Labute approximate surface area is 141 Å². The molecule has 2 aromatic carbocycles. The minimum atomic E-state index is -0.296. The number of carbonyl (C=O) groups is 1. The minimum Gasteiger partial charge on any atom is -0.490 e. The van der Waals surface area contributed by atoms with Crippen LogP contribution in [0.25, 0.3) is 0 Å². The third-order valence-electron chi connectivity index (χ3n) is 3.29. The topological polar surface area (TPSA) is 71.3 Å². The SMILES string of the molecule is Cc1cccc(OCCOc2ccccc2CNC(=O)CC#N)c1. The van der Waals surface area contributed by atoms with Crippen LogP contribution in [-0.2, 0) is 11.3 Å². The van der Waals surface area contributed by atoms with Gasteiger partial charge in [-0.1, -0.05) is 30.3 Å². The standard InChI is InChI=1S/C19H20N2O3/c1-15-5-4-7-17(13-15)23-11-12-24-18-8-3-2-6-16(18)14-21-19(22)9-10-20/h2-8,13H,9,11-12,14H2,1H3,(H,21,22). The van der Waals surface area contributed by atoms with Gasteiger partial charge in [0, 0.05) is 12.1 Å². The maximum Gasteiger partial charge on any atom is 0.234 e. The van der Waals surface area contributed by atoms with Gasteiger partial charge in [-0.2, -0.15) is 5.26 Å². The van der Waals surface area contributed by atoms with Crippen LogP contribution >= 0.6 is 0 Å². The van der Waals surface area contributed by atoms with Gasteiger partial charge in [-0.15, -0.1) is 0 Å². The van der Waals surface area contributed by atoms with Crippen LogP contribution < -0.4 is 14.8 Å². The highest BCUT2D eigenvalue weighted by atomic mass is 16.5. The van der Waals surface area contributed by atoms with Crippen LogP contribution in [0, 0.1) is 18.3 Å². The number of para-hydroxylation sites is 1. The summed E-state index contributed by atoms with van der Waals surface area (Å²) in [6.45, 7) is 3.17. The fraction of sp³-hybridized carbons (Fsp3) is 0.263. The van der Waals surface area contributed by atoms with Gasteiger partial charge >= 0.3 is 0 Å². The van der Waals surface area contributed by atoms with Gasteiger partial charge in [-0.3, -0.25) is 4.79 Å². The summed E-state index contributed by atoms with van der Waals surface area (Å²) in [5, 5.41) is 11.2. The van der Waals surface area contributed by atoms with E-state index in [1.165, 1.54) is 0 Å². The zero-order valence-corrected chi connectivity index (χ0v) is 13.6. The van der Waals surface area contributed by atoms with E-state index in [-0.39, 0.29) is 12.3 Å². The van der Waals surface area contributed by atoms with Crippen LogP contribution in [0.1, 0.15) is 17.5 Å². The summed E-state index contributed by atoms with van der Waals surface area (Å²) >= 11 is 0. The summed E-state index contributed by atoms with van der Waals surface area (Å²) in [4.78, 5) is 11.4. The van der Waals surface area contributed by atoms with Crippen molar-refractivity contribution in [1.82, 2.24) is 5.32 Å². The molecule has 24 heavy (non-hydrogen) atoms. The molecule has 0 spiro atoms. The maximum atomic E-state index is 11.4. The van der Waals surface area contributed by atoms with E-state index in [0.717, 1.165) is 16.9 Å². The first-order valence-corrected chi connectivity index (χ1v) is 7.73. The van der Waals surface area contributed by atoms with Crippen molar-refractivity contribution >= 4 is 5.91 Å². The molecule has 0 unspecified atom stereocenters. The number of hydrogen-bond donors (Lipinski definition) is 1. The van der Waals surface area contributed by atoms with Gasteiger partial charge in [0.1, 0.15) is 31.1 Å². The van der Waals surface area contributed by atoms with Crippen LogP contribution in [0.2, 0.25) is 0 Å². The summed E-state index contributed by atoms with van der Waals surface area (Å²) in [6.07, 6.45) is -0.145. The Hall–Kier alpha value is -3.00. The van der Waals surface area contributed by atoms with Crippen LogP contribution in [-0.4, -0.2) is 19.1 Å². The fourth-order valence-electron chi connectivity index (χ4n) is 2.14. The van der Waals surface area contributed by atoms with E-state index in [0.29, 0.717) is 25.5 Å². The van der Waals surface area contributed by atoms with Gasteiger partial charge in [-0.25, -0.2) is 0 Å². The van der Waals surface area contributed by atoms with Crippen LogP contribution in [0.4, 0.5) is 0 Å². The second kappa shape index (κ2) is 9.21. The zero-order chi connectivity index (χ0) is 17.2. The van der Waals surface area contributed by atoms with Gasteiger partial charge < -0.3 is 14.8 Å². The maximum absolute atomic E-state index is 11.4. The van der Waals surface area contributed by atoms with Crippen molar-refractivity contribution in [3.63, 3.8) is 0 Å². The third-order valence-corrected chi connectivity index (χ3v) is 3.29. The Kier molecular flexibility index (Phi) is 6.66. The number of amides is 1. The predicted octanol–water partition coefficient (Wildman–Crippen LogP) is 2.98. The van der Waals surface area contributed by atoms with Crippen LogP contribution in [0.15, 0.2) is 48.5 Å². The molecule has 1 N–H and O–H groups in total. The van der Waals surface area contributed by atoms with E-state index in [9.17, 15) is 4.79 Å². The van der Waals surface area contributed by atoms with Crippen molar-refractivity contribution < 1.29 is 14.3 Å². The van der Waals surface area contributed by atoms with Crippen LogP contribution in [0.5, 0.6) is 11.5 Å². The molecule has 5 nitrogen and oxygen atoms in total. The summed E-state index contributed by atoms with van der Waals surface area (Å²) in [5.74, 6) is 1.22. The first-order chi connectivity index (χ1) is 11.7. The molecule has 0 atom stereocenters. The molecule has 0 bridgehead atoms. The predicted molar refractivity (Wildman–Crippen MR) is 90.7 cm³/mol. The number of nitrogens with zero attached hydrogens (tertiary/aromatic N) is 1. The molecule has 5 heteroatoms. The number of aryl methyl sites for hydroxylation is 1. The van der Waals surface area contributed by atoms with Crippen molar-refractivity contribution in [2.45, 2.75) is 19.9 Å². The number of carbonyl (C=O) groups excluding carboxylic acids is 1. The number of rotatable bonds is 8. The Bertz CT molecular complexity index is 723. The van der Waals surface area contributed by atoms with Crippen molar-refractivity contribution in [2.75, 3.05) is 13.2 Å². The lowest BCUT2D eigenvalue weighted by Crippen LogP contribution is -2.22. The smallest absolute Gasteiger partial charge is 0.234 e. The van der Waals surface area contributed by atoms with Gasteiger partial charge in [0.05, 0.1) is 6.07 Å². The molecular weight excluding hydrogens is 304 g/mol. The van der Waals surface area contributed by atoms with E-state index in [2.05, 4.69) is 5.32 Å². The lowest BCUT2D eigenvalue weighted by molar-refractivity contribution is -0.120. The van der Waals surface area contributed by atoms with Crippen molar-refractivity contribution in [1.29, 1.82) is 5.26 Å². The second-order valence-corrected chi connectivity index (χ2v) is 5.23. The summed E-state index contributed by atoms with van der Waals surface area (Å²) in [5.41, 5.74) is 2.01. The Morgan fingerprint density at radius 1 is 1.12 bits per heavy atom. The minimum absolute atomic E-state index is 0.145. The highest BCUT2D eigenvalue weighted by molar-refractivity contribution is 5.78. The molecule has 0 aliphatic carbocycles. The van der Waals surface area contributed by atoms with Gasteiger partial charge in [0.25, 0.3) is 0 Å². The molecule has 0 aromatic heterocycles. The highest BCUT2D eigenvalue weighted by Gasteiger charge is 2.05. The highest BCUT2D eigenvalue weighted by Crippen LogP contribution is 2.18. The van der Waals surface area contributed by atoms with E-state index >= 15 is 0 Å². The monoisotopic (exact) mass is 324 g/mol. The number of nitriles is 1. The summed E-state index contributed by atoms with van der Waals surface area (Å²) in [6, 6.07) is 17.1. The lowest BCUT2D eigenvalue weighted by Gasteiger charge is -2.12. The van der Waals surface area contributed by atoms with E-state index in [4.69, 9.17) is 14.7 Å². The lowest BCUT2D eigenvalue weighted by atomic mass is 10.2. The van der Waals surface area contributed by atoms with Crippen LogP contribution in [0.3, 0.4) is 0 Å². The number of benzene rings is 2. The van der Waals surface area contributed by atoms with E-state index in [1.807, 2.05) is 61.5 Å². The van der Waals surface area contributed by atoms with E-state index in [1.54, 1.807) is 0 Å². The molecule has 0 aliphatic rings. The number of nitrogens with one attached hydrogen (secondary N) is 1. The molecule has 0 saturated carbocycles. The molecule has 2 rings (SSSR count). The Morgan fingerprint density at radius 2 is 1.92 bits per heavy atom. The Balaban J connectivity index is 1.82. The Morgan fingerprint density at radius 3 is 2.71 bits per heavy atom. The van der Waals surface area contributed by atoms with Crippen molar-refractivity contribution in [3.05, 3.63) is 59.7 Å². The fourth-order valence-corrected chi connectivity index (χ4v) is 2.14. The van der Waals surface area contributed by atoms with E-state index < -0.39 is 0 Å². The first-order valence-electron chi connectivity index (χ1n) is 7.73. The first kappa shape index (κ1) is 17.4. The molecule has 0 aliphatic heterocycles. The van der Waals surface area contributed by atoms with Gasteiger partial charge in [0.15, 0.2) is 0 Å². The second-order valence-electron chi connectivity index (χ2n) is 5.23. The average molecular weight is 324 g/mol. The molecule has 0 radical (unpaired) electrons. The van der Waals surface area contributed by atoms with Crippen molar-refractivity contribution in [2.24, 2.45) is 0 Å². The molecule has 1 amide bonds. The molecule has 2 aromatic rings. The molecule has 0 heterocycles. The molecule has 0 fully saturated rings. The number of ether oxygens (including phenoxy) is 2. The third kappa shape index (κ3) is 5.65.